The molecule has 3 aromatic rings. The van der Waals surface area contributed by atoms with Crippen molar-refractivity contribution in [1.29, 1.82) is 0 Å². The van der Waals surface area contributed by atoms with E-state index in [-0.39, 0.29) is 11.7 Å². The second-order valence-electron chi connectivity index (χ2n) is 4.77. The topological polar surface area (TPSA) is 75.4 Å². The summed E-state index contributed by atoms with van der Waals surface area (Å²) in [5, 5.41) is 12.1. The van der Waals surface area contributed by atoms with Gasteiger partial charge in [0.25, 0.3) is 5.91 Å². The lowest BCUT2D eigenvalue weighted by Crippen LogP contribution is -2.22. The van der Waals surface area contributed by atoms with Crippen LogP contribution in [0.2, 0.25) is 0 Å². The van der Waals surface area contributed by atoms with Crippen molar-refractivity contribution < 1.29 is 14.3 Å². The second kappa shape index (κ2) is 6.13. The molecule has 0 radical (unpaired) electrons. The normalized spacial score (nSPS) is 10.4. The number of nitrogens with one attached hydrogen (secondary N) is 1. The van der Waals surface area contributed by atoms with Gasteiger partial charge in [-0.05, 0) is 35.9 Å². The highest BCUT2D eigenvalue weighted by atomic mass is 16.3. The van der Waals surface area contributed by atoms with Crippen molar-refractivity contribution in [1.82, 2.24) is 10.3 Å². The lowest BCUT2D eigenvalue weighted by Gasteiger charge is -2.06. The molecule has 5 heteroatoms. The number of amides is 1. The monoisotopic (exact) mass is 294 g/mol. The van der Waals surface area contributed by atoms with Gasteiger partial charge < -0.3 is 14.8 Å². The Morgan fingerprint density at radius 3 is 2.68 bits per heavy atom. The first kappa shape index (κ1) is 13.9. The highest BCUT2D eigenvalue weighted by Crippen LogP contribution is 2.21. The first-order valence-corrected chi connectivity index (χ1v) is 6.77. The summed E-state index contributed by atoms with van der Waals surface area (Å²) in [6.45, 7) is 0.329. The number of benzene rings is 1. The van der Waals surface area contributed by atoms with E-state index >= 15 is 0 Å². The number of furan rings is 1. The molecule has 0 aliphatic carbocycles. The third-order valence-electron chi connectivity index (χ3n) is 3.20. The Balaban J connectivity index is 1.75. The fraction of sp³-hybridized carbons (Fsp3) is 0.0588. The van der Waals surface area contributed by atoms with Gasteiger partial charge in [0, 0.05) is 18.0 Å². The zero-order valence-electron chi connectivity index (χ0n) is 11.7. The van der Waals surface area contributed by atoms with E-state index < -0.39 is 0 Å². The molecule has 0 aliphatic heterocycles. The smallest absolute Gasteiger partial charge is 0.253 e. The fourth-order valence-corrected chi connectivity index (χ4v) is 2.06. The standard InChI is InChI=1S/C17H14N2O3/c20-15-5-3-12(4-6-15)13-8-14(10-18-9-13)17(21)19-11-16-2-1-7-22-16/h1-10,20H,11H2,(H,19,21). The first-order chi connectivity index (χ1) is 10.7. The fourth-order valence-electron chi connectivity index (χ4n) is 2.06. The lowest BCUT2D eigenvalue weighted by atomic mass is 10.1. The van der Waals surface area contributed by atoms with Gasteiger partial charge in [-0.15, -0.1) is 0 Å². The molecule has 22 heavy (non-hydrogen) atoms. The first-order valence-electron chi connectivity index (χ1n) is 6.77. The van der Waals surface area contributed by atoms with Crippen molar-refractivity contribution in [2.24, 2.45) is 0 Å². The lowest BCUT2D eigenvalue weighted by molar-refractivity contribution is 0.0947. The average Bonchev–Trinajstić information content (AvgIpc) is 3.07. The predicted octanol–water partition coefficient (Wildman–Crippen LogP) is 2.98. The van der Waals surface area contributed by atoms with Crippen molar-refractivity contribution in [3.63, 3.8) is 0 Å². The summed E-state index contributed by atoms with van der Waals surface area (Å²) in [5.74, 6) is 0.671. The number of hydrogen-bond donors (Lipinski definition) is 2. The van der Waals surface area contributed by atoms with E-state index in [2.05, 4.69) is 10.3 Å². The Morgan fingerprint density at radius 1 is 1.14 bits per heavy atom. The Hall–Kier alpha value is -3.08. The summed E-state index contributed by atoms with van der Waals surface area (Å²) in [6.07, 6.45) is 4.76. The molecule has 1 amide bonds. The highest BCUT2D eigenvalue weighted by Gasteiger charge is 2.08. The number of aromatic hydroxyl groups is 1. The molecule has 0 aliphatic rings. The molecule has 110 valence electrons. The zero-order chi connectivity index (χ0) is 15.4. The summed E-state index contributed by atoms with van der Waals surface area (Å²) < 4.78 is 5.17. The second-order valence-corrected chi connectivity index (χ2v) is 4.77. The summed E-state index contributed by atoms with van der Waals surface area (Å²) in [6, 6.07) is 12.1. The molecular weight excluding hydrogens is 280 g/mol. The van der Waals surface area contributed by atoms with Crippen LogP contribution in [0.15, 0.2) is 65.5 Å². The van der Waals surface area contributed by atoms with Crippen LogP contribution in [0.4, 0.5) is 0 Å². The van der Waals surface area contributed by atoms with Crippen LogP contribution in [0.25, 0.3) is 11.1 Å². The molecule has 0 unspecified atom stereocenters. The van der Waals surface area contributed by atoms with Gasteiger partial charge in [0.1, 0.15) is 11.5 Å². The van der Waals surface area contributed by atoms with Crippen LogP contribution < -0.4 is 5.32 Å². The number of hydrogen-bond acceptors (Lipinski definition) is 4. The molecule has 0 spiro atoms. The minimum atomic E-state index is -0.218. The molecule has 1 aromatic carbocycles. The Morgan fingerprint density at radius 2 is 1.95 bits per heavy atom. The van der Waals surface area contributed by atoms with Crippen LogP contribution in [0, 0.1) is 0 Å². The molecular formula is C17H14N2O3. The Labute approximate surface area is 127 Å². The van der Waals surface area contributed by atoms with E-state index in [4.69, 9.17) is 4.42 Å². The molecule has 3 rings (SSSR count). The number of phenolic OH excluding ortho intramolecular Hbond substituents is 1. The highest BCUT2D eigenvalue weighted by molar-refractivity contribution is 5.95. The molecule has 2 aromatic heterocycles. The number of nitrogens with zero attached hydrogens (tertiary/aromatic N) is 1. The number of rotatable bonds is 4. The zero-order valence-corrected chi connectivity index (χ0v) is 11.7. The maximum absolute atomic E-state index is 12.1. The van der Waals surface area contributed by atoms with Gasteiger partial charge in [-0.3, -0.25) is 9.78 Å². The van der Waals surface area contributed by atoms with E-state index in [9.17, 15) is 9.90 Å². The number of carbonyl (C=O) groups excluding carboxylic acids is 1. The van der Waals surface area contributed by atoms with Gasteiger partial charge in [-0.2, -0.15) is 0 Å². The number of carbonyl (C=O) groups is 1. The van der Waals surface area contributed by atoms with E-state index in [0.29, 0.717) is 17.9 Å². The molecule has 0 atom stereocenters. The summed E-state index contributed by atoms with van der Waals surface area (Å²) >= 11 is 0. The summed E-state index contributed by atoms with van der Waals surface area (Å²) in [7, 11) is 0. The minimum absolute atomic E-state index is 0.198. The van der Waals surface area contributed by atoms with Gasteiger partial charge in [-0.25, -0.2) is 0 Å². The van der Waals surface area contributed by atoms with Gasteiger partial charge in [-0.1, -0.05) is 12.1 Å². The molecule has 5 nitrogen and oxygen atoms in total. The molecule has 0 saturated carbocycles. The molecule has 0 fully saturated rings. The van der Waals surface area contributed by atoms with Crippen LogP contribution >= 0.6 is 0 Å². The van der Waals surface area contributed by atoms with Crippen LogP contribution in [0.3, 0.4) is 0 Å². The molecule has 2 N–H and O–H groups in total. The Kier molecular flexibility index (Phi) is 3.87. The molecule has 2 heterocycles. The Bertz CT molecular complexity index is 765. The van der Waals surface area contributed by atoms with Crippen molar-refractivity contribution in [3.8, 4) is 16.9 Å². The summed E-state index contributed by atoms with van der Waals surface area (Å²) in [5.41, 5.74) is 2.16. The van der Waals surface area contributed by atoms with Crippen molar-refractivity contribution >= 4 is 5.91 Å². The largest absolute Gasteiger partial charge is 0.508 e. The maximum atomic E-state index is 12.1. The van der Waals surface area contributed by atoms with Crippen LogP contribution in [-0.2, 0) is 6.54 Å². The maximum Gasteiger partial charge on any atom is 0.253 e. The van der Waals surface area contributed by atoms with Crippen molar-refractivity contribution in [3.05, 3.63) is 72.4 Å². The van der Waals surface area contributed by atoms with Gasteiger partial charge >= 0.3 is 0 Å². The van der Waals surface area contributed by atoms with Crippen molar-refractivity contribution in [2.45, 2.75) is 6.54 Å². The van der Waals surface area contributed by atoms with Crippen LogP contribution in [0.5, 0.6) is 5.75 Å². The van der Waals surface area contributed by atoms with Crippen LogP contribution in [-0.4, -0.2) is 16.0 Å². The number of pyridine rings is 1. The SMILES string of the molecule is O=C(NCc1ccco1)c1cncc(-c2ccc(O)cc2)c1. The van der Waals surface area contributed by atoms with Crippen molar-refractivity contribution in [2.75, 3.05) is 0 Å². The van der Waals surface area contributed by atoms with Gasteiger partial charge in [0.15, 0.2) is 0 Å². The minimum Gasteiger partial charge on any atom is -0.508 e. The molecule has 0 saturated heterocycles. The van der Waals surface area contributed by atoms with Gasteiger partial charge in [0.05, 0.1) is 18.4 Å². The van der Waals surface area contributed by atoms with E-state index in [1.54, 1.807) is 54.9 Å². The third-order valence-corrected chi connectivity index (χ3v) is 3.20. The average molecular weight is 294 g/mol. The quantitative estimate of drug-likeness (QED) is 0.775. The third kappa shape index (κ3) is 3.15. The van der Waals surface area contributed by atoms with E-state index in [1.165, 1.54) is 6.20 Å². The summed E-state index contributed by atoms with van der Waals surface area (Å²) in [4.78, 5) is 16.2. The predicted molar refractivity (Wildman–Crippen MR) is 81.2 cm³/mol. The molecule has 0 bridgehead atoms. The van der Waals surface area contributed by atoms with E-state index in [1.807, 2.05) is 0 Å². The number of aromatic nitrogens is 1. The van der Waals surface area contributed by atoms with Gasteiger partial charge in [0.2, 0.25) is 0 Å². The van der Waals surface area contributed by atoms with Crippen LogP contribution in [0.1, 0.15) is 16.1 Å². The van der Waals surface area contributed by atoms with E-state index in [0.717, 1.165) is 11.1 Å². The number of phenols is 1.